The van der Waals surface area contributed by atoms with E-state index in [0.717, 1.165) is 32.1 Å². The molecule has 1 heterocycles. The smallest absolute Gasteiger partial charge is 0.287 e. The Morgan fingerprint density at radius 3 is 2.40 bits per heavy atom. The summed E-state index contributed by atoms with van der Waals surface area (Å²) in [5.41, 5.74) is 5.41. The largest absolute Gasteiger partial charge is 0.459 e. The highest BCUT2D eigenvalue weighted by molar-refractivity contribution is 5.95. The molecule has 0 spiro atoms. The van der Waals surface area contributed by atoms with Gasteiger partial charge in [0.1, 0.15) is 12.3 Å². The second-order valence-electron chi connectivity index (χ2n) is 7.22. The van der Waals surface area contributed by atoms with E-state index >= 15 is 0 Å². The van der Waals surface area contributed by atoms with Crippen LogP contribution >= 0.6 is 0 Å². The molecule has 1 fully saturated rings. The molecule has 0 unspecified atom stereocenters. The number of hydrogen-bond donors (Lipinski definition) is 3. The molecule has 1 aliphatic rings. The molecule has 7 heteroatoms. The molecular formula is C23H41N3O4. The van der Waals surface area contributed by atoms with Crippen LogP contribution < -0.4 is 16.4 Å². The Balaban J connectivity index is 0.000000712. The number of carbonyl (C=O) groups excluding carboxylic acids is 3. The van der Waals surface area contributed by atoms with Gasteiger partial charge in [-0.05, 0) is 37.4 Å². The number of nitrogens with two attached hydrogens (primary N) is 1. The van der Waals surface area contributed by atoms with Crippen molar-refractivity contribution >= 4 is 18.1 Å². The highest BCUT2D eigenvalue weighted by Gasteiger charge is 2.24. The molecule has 4 N–H and O–H groups in total. The number of unbranched alkanes of at least 4 members (excludes halogenated alkanes) is 1. The lowest BCUT2D eigenvalue weighted by Crippen LogP contribution is -2.45. The number of rotatable bonds is 10. The van der Waals surface area contributed by atoms with E-state index in [1.807, 2.05) is 13.8 Å². The van der Waals surface area contributed by atoms with Gasteiger partial charge >= 0.3 is 0 Å². The van der Waals surface area contributed by atoms with E-state index < -0.39 is 11.9 Å². The summed E-state index contributed by atoms with van der Waals surface area (Å²) in [6.45, 7) is 7.60. The minimum absolute atomic E-state index is 0.206. The molecular weight excluding hydrogens is 382 g/mol. The van der Waals surface area contributed by atoms with Gasteiger partial charge in [0.05, 0.1) is 12.8 Å². The summed E-state index contributed by atoms with van der Waals surface area (Å²) in [6, 6.07) is 2.59. The van der Waals surface area contributed by atoms with Crippen molar-refractivity contribution in [2.75, 3.05) is 13.1 Å². The molecule has 30 heavy (non-hydrogen) atoms. The molecule has 1 aromatic rings. The Kier molecular flexibility index (Phi) is 17.5. The quantitative estimate of drug-likeness (QED) is 0.301. The van der Waals surface area contributed by atoms with Gasteiger partial charge in [-0.3, -0.25) is 9.59 Å². The maximum atomic E-state index is 11.9. The Bertz CT molecular complexity index is 553. The zero-order chi connectivity index (χ0) is 22.6. The van der Waals surface area contributed by atoms with Gasteiger partial charge in [0.25, 0.3) is 5.91 Å². The molecule has 0 aliphatic heterocycles. The van der Waals surface area contributed by atoms with E-state index in [-0.39, 0.29) is 11.7 Å². The first-order chi connectivity index (χ1) is 14.6. The molecule has 0 aromatic carbocycles. The number of primary amides is 1. The first-order valence-corrected chi connectivity index (χ1v) is 11.4. The number of aldehydes is 1. The minimum atomic E-state index is -0.615. The summed E-state index contributed by atoms with van der Waals surface area (Å²) in [5.74, 6) is -0.189. The second kappa shape index (κ2) is 18.9. The standard InChI is InChI=1S/C15H22N2O3.C6H13NO.C2H6/c16-14(18)12(10-11-6-3-1-2-4-7-11)17-15(19)13-8-5-9-20-13;1-2-3-4-7-5-6-8;1-2/h5,8-9,11-12H,1-4,6-7,10H2,(H2,16,18)(H,17,19);6-7H,2-5H2,1H3;1-2H3/t12-;;/m1../s1. The lowest BCUT2D eigenvalue weighted by atomic mass is 9.92. The highest BCUT2D eigenvalue weighted by Crippen LogP contribution is 2.26. The highest BCUT2D eigenvalue weighted by atomic mass is 16.3. The third-order valence-corrected chi connectivity index (χ3v) is 4.87. The molecule has 7 nitrogen and oxygen atoms in total. The normalized spacial score (nSPS) is 14.8. The Labute approximate surface area is 181 Å². The zero-order valence-corrected chi connectivity index (χ0v) is 19.0. The third-order valence-electron chi connectivity index (χ3n) is 4.87. The van der Waals surface area contributed by atoms with E-state index in [4.69, 9.17) is 10.2 Å². The maximum Gasteiger partial charge on any atom is 0.287 e. The van der Waals surface area contributed by atoms with Crippen molar-refractivity contribution in [3.05, 3.63) is 24.2 Å². The van der Waals surface area contributed by atoms with E-state index in [9.17, 15) is 14.4 Å². The fourth-order valence-electron chi connectivity index (χ4n) is 3.28. The maximum absolute atomic E-state index is 11.9. The number of furan rings is 1. The van der Waals surface area contributed by atoms with E-state index in [1.54, 1.807) is 12.1 Å². The van der Waals surface area contributed by atoms with Gasteiger partial charge in [-0.15, -0.1) is 0 Å². The van der Waals surface area contributed by atoms with Crippen LogP contribution in [0.25, 0.3) is 0 Å². The molecule has 1 saturated carbocycles. The number of nitrogens with one attached hydrogen (secondary N) is 2. The van der Waals surface area contributed by atoms with Crippen molar-refractivity contribution in [2.24, 2.45) is 11.7 Å². The van der Waals surface area contributed by atoms with Crippen LogP contribution in [0.2, 0.25) is 0 Å². The van der Waals surface area contributed by atoms with E-state index in [2.05, 4.69) is 17.6 Å². The Hall–Kier alpha value is -2.15. The predicted octanol–water partition coefficient (Wildman–Crippen LogP) is 3.83. The van der Waals surface area contributed by atoms with Gasteiger partial charge in [-0.25, -0.2) is 0 Å². The van der Waals surface area contributed by atoms with Crippen molar-refractivity contribution in [3.63, 3.8) is 0 Å². The molecule has 1 aliphatic carbocycles. The molecule has 1 atom stereocenters. The fourth-order valence-corrected chi connectivity index (χ4v) is 3.28. The van der Waals surface area contributed by atoms with Gasteiger partial charge in [-0.2, -0.15) is 0 Å². The summed E-state index contributed by atoms with van der Waals surface area (Å²) in [4.78, 5) is 33.2. The van der Waals surface area contributed by atoms with Gasteiger partial charge < -0.3 is 25.6 Å². The van der Waals surface area contributed by atoms with Gasteiger partial charge in [0, 0.05) is 0 Å². The van der Waals surface area contributed by atoms with Gasteiger partial charge in [-0.1, -0.05) is 65.7 Å². The van der Waals surface area contributed by atoms with Crippen LogP contribution in [0.1, 0.15) is 89.1 Å². The number of carbonyl (C=O) groups is 3. The van der Waals surface area contributed by atoms with Crippen LogP contribution in [-0.4, -0.2) is 37.2 Å². The first kappa shape index (κ1) is 27.8. The van der Waals surface area contributed by atoms with Gasteiger partial charge in [0.2, 0.25) is 5.91 Å². The van der Waals surface area contributed by atoms with Crippen molar-refractivity contribution < 1.29 is 18.8 Å². The van der Waals surface area contributed by atoms with E-state index in [1.165, 1.54) is 38.4 Å². The minimum Gasteiger partial charge on any atom is -0.459 e. The van der Waals surface area contributed by atoms with Crippen molar-refractivity contribution in [1.29, 1.82) is 0 Å². The van der Waals surface area contributed by atoms with Crippen LogP contribution in [0.4, 0.5) is 0 Å². The zero-order valence-electron chi connectivity index (χ0n) is 19.0. The second-order valence-corrected chi connectivity index (χ2v) is 7.22. The van der Waals surface area contributed by atoms with Crippen LogP contribution in [0.5, 0.6) is 0 Å². The van der Waals surface area contributed by atoms with Crippen LogP contribution in [0.3, 0.4) is 0 Å². The average molecular weight is 424 g/mol. The fraction of sp³-hybridized carbons (Fsp3) is 0.696. The summed E-state index contributed by atoms with van der Waals surface area (Å²) in [5, 5.41) is 5.65. The molecule has 1 aromatic heterocycles. The molecule has 0 saturated heterocycles. The lowest BCUT2D eigenvalue weighted by molar-refractivity contribution is -0.120. The topological polar surface area (TPSA) is 114 Å². The SMILES string of the molecule is CC.CCCCNCC=O.NC(=O)[C@@H](CC1CCCCCC1)NC(=O)c1ccco1. The van der Waals surface area contributed by atoms with Crippen LogP contribution in [-0.2, 0) is 9.59 Å². The predicted molar refractivity (Wildman–Crippen MR) is 120 cm³/mol. The molecule has 172 valence electrons. The lowest BCUT2D eigenvalue weighted by Gasteiger charge is -2.20. The average Bonchev–Trinajstić information content (AvgIpc) is 3.18. The first-order valence-electron chi connectivity index (χ1n) is 11.4. The summed E-state index contributed by atoms with van der Waals surface area (Å²) < 4.78 is 5.02. The Morgan fingerprint density at radius 2 is 1.90 bits per heavy atom. The van der Waals surface area contributed by atoms with Crippen LogP contribution in [0.15, 0.2) is 22.8 Å². The van der Waals surface area contributed by atoms with Crippen molar-refractivity contribution in [2.45, 2.75) is 84.6 Å². The van der Waals surface area contributed by atoms with Crippen molar-refractivity contribution in [3.8, 4) is 0 Å². The van der Waals surface area contributed by atoms with Gasteiger partial charge in [0.15, 0.2) is 5.76 Å². The Morgan fingerprint density at radius 1 is 1.23 bits per heavy atom. The molecule has 2 amide bonds. The number of amides is 2. The summed E-state index contributed by atoms with van der Waals surface area (Å²) in [7, 11) is 0. The molecule has 0 radical (unpaired) electrons. The monoisotopic (exact) mass is 423 g/mol. The number of hydrogen-bond acceptors (Lipinski definition) is 5. The van der Waals surface area contributed by atoms with E-state index in [0.29, 0.717) is 18.9 Å². The van der Waals surface area contributed by atoms with Crippen LogP contribution in [0, 0.1) is 5.92 Å². The molecule has 0 bridgehead atoms. The summed E-state index contributed by atoms with van der Waals surface area (Å²) in [6.07, 6.45) is 12.4. The molecule has 2 rings (SSSR count). The van der Waals surface area contributed by atoms with Crippen molar-refractivity contribution in [1.82, 2.24) is 10.6 Å². The summed E-state index contributed by atoms with van der Waals surface area (Å²) >= 11 is 0. The third kappa shape index (κ3) is 13.1.